The van der Waals surface area contributed by atoms with Crippen molar-refractivity contribution in [1.29, 1.82) is 0 Å². The molecule has 0 aliphatic rings. The first kappa shape index (κ1) is 21.5. The van der Waals surface area contributed by atoms with Crippen LogP contribution in [-0.4, -0.2) is 18.5 Å². The zero-order valence-electron chi connectivity index (χ0n) is 14.9. The highest BCUT2D eigenvalue weighted by Gasteiger charge is 2.21. The predicted molar refractivity (Wildman–Crippen MR) is 107 cm³/mol. The SMILES string of the molecule is CC(C)CCCOC(=O)c1ccccc1C(=O)Oc1cc(Cl)c(Cl)cc1Cl. The normalized spacial score (nSPS) is 10.7. The molecule has 0 amide bonds. The Labute approximate surface area is 173 Å². The molecule has 0 aliphatic carbocycles. The van der Waals surface area contributed by atoms with E-state index in [4.69, 9.17) is 44.3 Å². The van der Waals surface area contributed by atoms with Crippen molar-refractivity contribution < 1.29 is 19.1 Å². The van der Waals surface area contributed by atoms with Gasteiger partial charge in [0.2, 0.25) is 0 Å². The lowest BCUT2D eigenvalue weighted by molar-refractivity contribution is 0.0486. The Balaban J connectivity index is 2.13. The van der Waals surface area contributed by atoms with Crippen LogP contribution in [0.15, 0.2) is 36.4 Å². The van der Waals surface area contributed by atoms with Gasteiger partial charge < -0.3 is 9.47 Å². The molecule has 0 aromatic heterocycles. The van der Waals surface area contributed by atoms with E-state index in [0.29, 0.717) is 12.5 Å². The van der Waals surface area contributed by atoms with Crippen LogP contribution < -0.4 is 4.74 Å². The van der Waals surface area contributed by atoms with E-state index in [2.05, 4.69) is 13.8 Å². The molecule has 0 atom stereocenters. The maximum absolute atomic E-state index is 12.5. The molecule has 0 spiro atoms. The summed E-state index contributed by atoms with van der Waals surface area (Å²) in [5.41, 5.74) is 0.205. The Hall–Kier alpha value is -1.75. The molecule has 7 heteroatoms. The van der Waals surface area contributed by atoms with Gasteiger partial charge in [0.05, 0.1) is 32.8 Å². The number of halogens is 3. The van der Waals surface area contributed by atoms with Gasteiger partial charge in [-0.3, -0.25) is 0 Å². The average Bonchev–Trinajstić information content (AvgIpc) is 2.62. The highest BCUT2D eigenvalue weighted by Crippen LogP contribution is 2.34. The second-order valence-corrected chi connectivity index (χ2v) is 7.53. The zero-order chi connectivity index (χ0) is 20.0. The maximum Gasteiger partial charge on any atom is 0.344 e. The number of rotatable bonds is 7. The van der Waals surface area contributed by atoms with Crippen LogP contribution in [0.5, 0.6) is 5.75 Å². The molecule has 0 fully saturated rings. The van der Waals surface area contributed by atoms with E-state index in [9.17, 15) is 9.59 Å². The van der Waals surface area contributed by atoms with E-state index in [1.54, 1.807) is 12.1 Å². The Kier molecular flexibility index (Phi) is 7.96. The van der Waals surface area contributed by atoms with E-state index in [0.717, 1.165) is 12.8 Å². The van der Waals surface area contributed by atoms with E-state index < -0.39 is 11.9 Å². The molecule has 0 heterocycles. The first-order valence-corrected chi connectivity index (χ1v) is 9.56. The third-order valence-corrected chi connectivity index (χ3v) is 4.72. The van der Waals surface area contributed by atoms with Crippen molar-refractivity contribution in [3.05, 3.63) is 62.6 Å². The Morgan fingerprint density at radius 1 is 0.926 bits per heavy atom. The van der Waals surface area contributed by atoms with Gasteiger partial charge in [-0.15, -0.1) is 0 Å². The fraction of sp³-hybridized carbons (Fsp3) is 0.300. The second-order valence-electron chi connectivity index (χ2n) is 6.30. The quantitative estimate of drug-likeness (QED) is 0.219. The molecule has 144 valence electrons. The summed E-state index contributed by atoms with van der Waals surface area (Å²) >= 11 is 17.8. The third kappa shape index (κ3) is 6.13. The van der Waals surface area contributed by atoms with Crippen molar-refractivity contribution in [2.45, 2.75) is 26.7 Å². The molecule has 0 saturated carbocycles. The third-order valence-electron chi connectivity index (χ3n) is 3.70. The van der Waals surface area contributed by atoms with Crippen molar-refractivity contribution in [3.8, 4) is 5.75 Å². The lowest BCUT2D eigenvalue weighted by Crippen LogP contribution is -2.16. The Morgan fingerprint density at radius 3 is 2.15 bits per heavy atom. The van der Waals surface area contributed by atoms with E-state index in [1.165, 1.54) is 24.3 Å². The van der Waals surface area contributed by atoms with Crippen LogP contribution in [0.25, 0.3) is 0 Å². The Morgan fingerprint density at radius 2 is 1.52 bits per heavy atom. The van der Waals surface area contributed by atoms with Crippen molar-refractivity contribution in [1.82, 2.24) is 0 Å². The van der Waals surface area contributed by atoms with E-state index in [1.807, 2.05) is 0 Å². The molecule has 0 bridgehead atoms. The molecule has 2 aromatic rings. The summed E-state index contributed by atoms with van der Waals surface area (Å²) < 4.78 is 10.6. The van der Waals surface area contributed by atoms with Gasteiger partial charge in [-0.05, 0) is 37.0 Å². The fourth-order valence-corrected chi connectivity index (χ4v) is 2.89. The molecule has 0 aliphatic heterocycles. The van der Waals surface area contributed by atoms with Crippen molar-refractivity contribution in [2.75, 3.05) is 6.61 Å². The topological polar surface area (TPSA) is 52.6 Å². The van der Waals surface area contributed by atoms with Crippen LogP contribution in [0.3, 0.4) is 0 Å². The zero-order valence-corrected chi connectivity index (χ0v) is 17.2. The molecule has 0 radical (unpaired) electrons. The summed E-state index contributed by atoms with van der Waals surface area (Å²) in [5, 5.41) is 0.569. The Bertz CT molecular complexity index is 834. The molecule has 27 heavy (non-hydrogen) atoms. The van der Waals surface area contributed by atoms with Gasteiger partial charge in [0, 0.05) is 6.07 Å². The summed E-state index contributed by atoms with van der Waals surface area (Å²) in [4.78, 5) is 24.9. The van der Waals surface area contributed by atoms with Crippen molar-refractivity contribution in [2.24, 2.45) is 5.92 Å². The van der Waals surface area contributed by atoms with Gasteiger partial charge in [-0.25, -0.2) is 9.59 Å². The summed E-state index contributed by atoms with van der Waals surface area (Å²) in [7, 11) is 0. The predicted octanol–water partition coefficient (Wildman–Crippen LogP) is 6.46. The summed E-state index contributed by atoms with van der Waals surface area (Å²) in [6, 6.07) is 8.99. The minimum Gasteiger partial charge on any atom is -0.462 e. The standard InChI is InChI=1S/C20H19Cl3O4/c1-12(2)6-5-9-26-19(24)13-7-3-4-8-14(13)20(25)27-18-11-16(22)15(21)10-17(18)23/h3-4,7-8,10-12H,5-6,9H2,1-2H3. The lowest BCUT2D eigenvalue weighted by Gasteiger charge is -2.11. The van der Waals surface area contributed by atoms with Crippen LogP contribution in [0.2, 0.25) is 15.1 Å². The van der Waals surface area contributed by atoms with Crippen LogP contribution in [0.1, 0.15) is 47.4 Å². The minimum atomic E-state index is -0.745. The highest BCUT2D eigenvalue weighted by atomic mass is 35.5. The molecule has 0 saturated heterocycles. The van der Waals surface area contributed by atoms with Gasteiger partial charge in [0.25, 0.3) is 0 Å². The van der Waals surface area contributed by atoms with Crippen molar-refractivity contribution >= 4 is 46.7 Å². The van der Waals surface area contributed by atoms with Crippen LogP contribution >= 0.6 is 34.8 Å². The summed E-state index contributed by atoms with van der Waals surface area (Å²) in [6.45, 7) is 4.49. The highest BCUT2D eigenvalue weighted by molar-refractivity contribution is 6.43. The molecule has 2 rings (SSSR count). The fourth-order valence-electron chi connectivity index (χ4n) is 2.31. The van der Waals surface area contributed by atoms with E-state index in [-0.39, 0.29) is 31.9 Å². The largest absolute Gasteiger partial charge is 0.462 e. The summed E-state index contributed by atoms with van der Waals surface area (Å²) in [6.07, 6.45) is 1.71. The molecule has 0 unspecified atom stereocenters. The number of benzene rings is 2. The first-order chi connectivity index (χ1) is 12.8. The number of hydrogen-bond acceptors (Lipinski definition) is 4. The van der Waals surface area contributed by atoms with Gasteiger partial charge in [-0.1, -0.05) is 60.8 Å². The van der Waals surface area contributed by atoms with Gasteiger partial charge in [0.1, 0.15) is 0 Å². The first-order valence-electron chi connectivity index (χ1n) is 8.42. The monoisotopic (exact) mass is 428 g/mol. The number of ether oxygens (including phenoxy) is 2. The van der Waals surface area contributed by atoms with Crippen LogP contribution in [0.4, 0.5) is 0 Å². The van der Waals surface area contributed by atoms with Crippen LogP contribution in [0, 0.1) is 5.92 Å². The summed E-state index contributed by atoms with van der Waals surface area (Å²) in [5.74, 6) is -0.741. The number of esters is 2. The lowest BCUT2D eigenvalue weighted by atomic mass is 10.1. The molecule has 0 N–H and O–H groups in total. The molecule has 4 nitrogen and oxygen atoms in total. The molecular weight excluding hydrogens is 411 g/mol. The molecular formula is C20H19Cl3O4. The van der Waals surface area contributed by atoms with Gasteiger partial charge in [0.15, 0.2) is 5.75 Å². The second kappa shape index (κ2) is 9.98. The average molecular weight is 430 g/mol. The van der Waals surface area contributed by atoms with Crippen molar-refractivity contribution in [3.63, 3.8) is 0 Å². The minimum absolute atomic E-state index is 0.0520. The number of hydrogen-bond donors (Lipinski definition) is 0. The maximum atomic E-state index is 12.5. The number of carbonyl (C=O) groups is 2. The smallest absolute Gasteiger partial charge is 0.344 e. The van der Waals surface area contributed by atoms with Gasteiger partial charge >= 0.3 is 11.9 Å². The van der Waals surface area contributed by atoms with Crippen LogP contribution in [-0.2, 0) is 4.74 Å². The number of carbonyl (C=O) groups excluding carboxylic acids is 2. The molecule has 2 aromatic carbocycles. The van der Waals surface area contributed by atoms with Gasteiger partial charge in [-0.2, -0.15) is 0 Å². The van der Waals surface area contributed by atoms with E-state index >= 15 is 0 Å².